The summed E-state index contributed by atoms with van der Waals surface area (Å²) in [4.78, 5) is 0. The molecular formula is C12H27NO2Si2. The van der Waals surface area contributed by atoms with Crippen molar-refractivity contribution < 1.29 is 8.95 Å². The highest BCUT2D eigenvalue weighted by Gasteiger charge is 2.28. The van der Waals surface area contributed by atoms with E-state index in [2.05, 4.69) is 44.4 Å². The van der Waals surface area contributed by atoms with Crippen LogP contribution in [0.4, 0.5) is 0 Å². The van der Waals surface area contributed by atoms with Crippen LogP contribution in [-0.2, 0) is 8.95 Å². The van der Waals surface area contributed by atoms with Crippen molar-refractivity contribution >= 4 is 22.3 Å². The summed E-state index contributed by atoms with van der Waals surface area (Å²) in [5.74, 6) is 0. The van der Waals surface area contributed by atoms with Gasteiger partial charge in [-0.05, 0) is 58.5 Å². The number of hydrogen-bond acceptors (Lipinski definition) is 3. The minimum atomic E-state index is -1.56. The lowest BCUT2D eigenvalue weighted by molar-refractivity contribution is 0.222. The number of nitrogens with zero attached hydrogens (tertiary/aromatic N) is 1. The van der Waals surface area contributed by atoms with Gasteiger partial charge in [-0.3, -0.25) is 0 Å². The van der Waals surface area contributed by atoms with Crippen molar-refractivity contribution in [3.8, 4) is 0 Å². The molecule has 1 aliphatic carbocycles. The Labute approximate surface area is 108 Å². The third kappa shape index (κ3) is 6.38. The minimum absolute atomic E-state index is 0.215. The maximum absolute atomic E-state index is 6.20. The maximum atomic E-state index is 6.20. The zero-order chi connectivity index (χ0) is 13.1. The van der Waals surface area contributed by atoms with Crippen LogP contribution in [0.25, 0.3) is 0 Å². The molecule has 0 bridgehead atoms. The fourth-order valence-electron chi connectivity index (χ4n) is 1.82. The predicted octanol–water partition coefficient (Wildman–Crippen LogP) is 3.99. The standard InChI is InChI=1S/C12H27NO2Si2/c1-16(2,3)14-12-10-8-7-9-11(12)13-15-17(4,5)6/h12H,7-10H2,1-6H3/b13-11-. The molecule has 0 spiro atoms. The molecule has 1 unspecified atom stereocenters. The average Bonchev–Trinajstić information content (AvgIpc) is 2.12. The Morgan fingerprint density at radius 2 is 1.65 bits per heavy atom. The molecule has 1 rings (SSSR count). The molecule has 0 aromatic heterocycles. The summed E-state index contributed by atoms with van der Waals surface area (Å²) in [6.45, 7) is 13.2. The van der Waals surface area contributed by atoms with Crippen LogP contribution in [0.2, 0.25) is 39.3 Å². The minimum Gasteiger partial charge on any atom is -0.456 e. The lowest BCUT2D eigenvalue weighted by Crippen LogP contribution is -2.39. The van der Waals surface area contributed by atoms with Crippen LogP contribution in [0, 0.1) is 0 Å². The van der Waals surface area contributed by atoms with Crippen LogP contribution in [0.1, 0.15) is 25.7 Å². The zero-order valence-electron chi connectivity index (χ0n) is 12.2. The molecule has 1 saturated carbocycles. The molecule has 0 amide bonds. The first-order valence-electron chi connectivity index (χ1n) is 6.60. The van der Waals surface area contributed by atoms with Crippen molar-refractivity contribution in [2.75, 3.05) is 0 Å². The Morgan fingerprint density at radius 1 is 1.00 bits per heavy atom. The molecule has 0 radical (unpaired) electrons. The Hall–Kier alpha value is -0.136. The molecule has 1 atom stereocenters. The zero-order valence-corrected chi connectivity index (χ0v) is 14.2. The van der Waals surface area contributed by atoms with Gasteiger partial charge in [-0.15, -0.1) is 5.16 Å². The quantitative estimate of drug-likeness (QED) is 0.573. The van der Waals surface area contributed by atoms with E-state index in [1.54, 1.807) is 0 Å². The van der Waals surface area contributed by atoms with Crippen molar-refractivity contribution in [3.63, 3.8) is 0 Å². The number of oxime groups is 1. The summed E-state index contributed by atoms with van der Waals surface area (Å²) in [5, 5.41) is 4.40. The Morgan fingerprint density at radius 3 is 2.18 bits per heavy atom. The van der Waals surface area contributed by atoms with Crippen LogP contribution in [0.15, 0.2) is 5.16 Å². The van der Waals surface area contributed by atoms with E-state index in [0.29, 0.717) is 0 Å². The summed E-state index contributed by atoms with van der Waals surface area (Å²) in [6, 6.07) is 0. The molecule has 0 aromatic rings. The smallest absolute Gasteiger partial charge is 0.278 e. The molecule has 17 heavy (non-hydrogen) atoms. The molecule has 0 heterocycles. The first kappa shape index (κ1) is 14.9. The van der Waals surface area contributed by atoms with Crippen LogP contribution in [0.5, 0.6) is 0 Å². The summed E-state index contributed by atoms with van der Waals surface area (Å²) in [5.41, 5.74) is 1.14. The first-order valence-corrected chi connectivity index (χ1v) is 13.4. The third-order valence-electron chi connectivity index (χ3n) is 2.45. The molecule has 0 N–H and O–H groups in total. The fraction of sp³-hybridized carbons (Fsp3) is 0.917. The molecule has 5 heteroatoms. The van der Waals surface area contributed by atoms with Gasteiger partial charge < -0.3 is 8.95 Å². The molecule has 0 aliphatic heterocycles. The lowest BCUT2D eigenvalue weighted by Gasteiger charge is -2.30. The largest absolute Gasteiger partial charge is 0.456 e. The Kier molecular flexibility index (Phi) is 4.98. The average molecular weight is 274 g/mol. The van der Waals surface area contributed by atoms with Crippen LogP contribution >= 0.6 is 0 Å². The van der Waals surface area contributed by atoms with E-state index in [1.807, 2.05) is 0 Å². The highest BCUT2D eigenvalue weighted by atomic mass is 28.4. The van der Waals surface area contributed by atoms with Gasteiger partial charge in [-0.25, -0.2) is 0 Å². The molecule has 0 saturated heterocycles. The molecule has 0 aromatic carbocycles. The molecule has 100 valence electrons. The number of hydrogen-bond donors (Lipinski definition) is 0. The van der Waals surface area contributed by atoms with Gasteiger partial charge in [0.1, 0.15) is 0 Å². The van der Waals surface area contributed by atoms with Gasteiger partial charge in [0.05, 0.1) is 11.8 Å². The van der Waals surface area contributed by atoms with E-state index in [0.717, 1.165) is 18.6 Å². The van der Waals surface area contributed by atoms with Crippen molar-refractivity contribution in [2.24, 2.45) is 5.16 Å². The highest BCUT2D eigenvalue weighted by molar-refractivity contribution is 6.70. The van der Waals surface area contributed by atoms with E-state index in [4.69, 9.17) is 8.95 Å². The Bertz CT molecular complexity index is 279. The summed E-state index contributed by atoms with van der Waals surface area (Å²) < 4.78 is 11.9. The monoisotopic (exact) mass is 273 g/mol. The second kappa shape index (κ2) is 5.67. The van der Waals surface area contributed by atoms with E-state index < -0.39 is 16.6 Å². The lowest BCUT2D eigenvalue weighted by atomic mass is 9.96. The van der Waals surface area contributed by atoms with Crippen LogP contribution < -0.4 is 0 Å². The fourth-order valence-corrected chi connectivity index (χ4v) is 3.32. The molecule has 3 nitrogen and oxygen atoms in total. The van der Waals surface area contributed by atoms with E-state index in [1.165, 1.54) is 12.8 Å². The first-order chi connectivity index (χ1) is 7.67. The second-order valence-electron chi connectivity index (χ2n) is 6.75. The summed E-state index contributed by atoms with van der Waals surface area (Å²) in [6.07, 6.45) is 4.84. The van der Waals surface area contributed by atoms with E-state index >= 15 is 0 Å². The van der Waals surface area contributed by atoms with Gasteiger partial charge in [-0.1, -0.05) is 6.42 Å². The van der Waals surface area contributed by atoms with Gasteiger partial charge in [0.15, 0.2) is 8.32 Å². The van der Waals surface area contributed by atoms with Crippen molar-refractivity contribution in [1.29, 1.82) is 0 Å². The van der Waals surface area contributed by atoms with Crippen LogP contribution in [-0.4, -0.2) is 28.5 Å². The van der Waals surface area contributed by atoms with Crippen LogP contribution in [0.3, 0.4) is 0 Å². The summed E-state index contributed by atoms with van der Waals surface area (Å²) >= 11 is 0. The Balaban J connectivity index is 2.66. The van der Waals surface area contributed by atoms with Gasteiger partial charge in [-0.2, -0.15) is 0 Å². The van der Waals surface area contributed by atoms with Gasteiger partial charge in [0, 0.05) is 0 Å². The SMILES string of the molecule is C[Si](C)(C)O/N=C1/CCCCC1O[Si](C)(C)C. The van der Waals surface area contributed by atoms with E-state index in [-0.39, 0.29) is 6.10 Å². The highest BCUT2D eigenvalue weighted by Crippen LogP contribution is 2.22. The molecule has 1 aliphatic rings. The van der Waals surface area contributed by atoms with Gasteiger partial charge in [0.2, 0.25) is 0 Å². The van der Waals surface area contributed by atoms with Crippen molar-refractivity contribution in [3.05, 3.63) is 0 Å². The topological polar surface area (TPSA) is 30.8 Å². The van der Waals surface area contributed by atoms with Crippen molar-refractivity contribution in [2.45, 2.75) is 71.1 Å². The maximum Gasteiger partial charge on any atom is 0.278 e. The van der Waals surface area contributed by atoms with E-state index in [9.17, 15) is 0 Å². The molecular weight excluding hydrogens is 246 g/mol. The number of rotatable bonds is 4. The van der Waals surface area contributed by atoms with Gasteiger partial charge in [0.25, 0.3) is 8.32 Å². The summed E-state index contributed by atoms with van der Waals surface area (Å²) in [7, 11) is -3.05. The predicted molar refractivity (Wildman–Crippen MR) is 78.6 cm³/mol. The molecule has 1 fully saturated rings. The van der Waals surface area contributed by atoms with Gasteiger partial charge >= 0.3 is 0 Å². The second-order valence-corrected chi connectivity index (χ2v) is 15.6. The van der Waals surface area contributed by atoms with Crippen molar-refractivity contribution in [1.82, 2.24) is 0 Å². The third-order valence-corrected chi connectivity index (χ3v) is 4.08. The normalized spacial score (nSPS) is 25.1.